The molecule has 82 valence electrons. The quantitative estimate of drug-likeness (QED) is 0.699. The normalized spacial score (nSPS) is 10.6. The number of aromatic carboxylic acids is 1. The second-order valence-electron chi connectivity index (χ2n) is 3.27. The van der Waals surface area contributed by atoms with Crippen LogP contribution in [0.2, 0.25) is 0 Å². The molecule has 2 aromatic rings. The van der Waals surface area contributed by atoms with Gasteiger partial charge in [0.15, 0.2) is 0 Å². The van der Waals surface area contributed by atoms with Gasteiger partial charge in [-0.25, -0.2) is 4.79 Å². The predicted molar refractivity (Wildman–Crippen MR) is 61.1 cm³/mol. The zero-order valence-electron chi connectivity index (χ0n) is 8.04. The Morgan fingerprint density at radius 2 is 1.88 bits per heavy atom. The van der Waals surface area contributed by atoms with Gasteiger partial charge in [-0.3, -0.25) is 0 Å². The average Bonchev–Trinajstić information content (AvgIpc) is 2.27. The second kappa shape index (κ2) is 4.03. The molecule has 3 N–H and O–H groups in total. The van der Waals surface area contributed by atoms with E-state index in [9.17, 15) is 9.90 Å². The van der Waals surface area contributed by atoms with E-state index < -0.39 is 5.97 Å². The number of phenols is 1. The van der Waals surface area contributed by atoms with Crippen molar-refractivity contribution in [3.63, 3.8) is 0 Å². The monoisotopic (exact) mass is 236 g/mol. The summed E-state index contributed by atoms with van der Waals surface area (Å²) in [6.07, 6.45) is 0. The highest BCUT2D eigenvalue weighted by molar-refractivity contribution is 7.93. The van der Waals surface area contributed by atoms with Gasteiger partial charge in [0.2, 0.25) is 0 Å². The lowest BCUT2D eigenvalue weighted by molar-refractivity contribution is 0.0694. The number of carbonyl (C=O) groups is 1. The Hall–Kier alpha value is -1.72. The van der Waals surface area contributed by atoms with E-state index in [1.807, 2.05) is 0 Å². The Kier molecular flexibility index (Phi) is 2.72. The van der Waals surface area contributed by atoms with Crippen molar-refractivity contribution in [3.8, 4) is 5.75 Å². The van der Waals surface area contributed by atoms with Crippen molar-refractivity contribution in [3.05, 3.63) is 35.9 Å². The van der Waals surface area contributed by atoms with Gasteiger partial charge < -0.3 is 14.8 Å². The number of hydrogen-bond donors (Lipinski definition) is 3. The van der Waals surface area contributed by atoms with Crippen molar-refractivity contribution in [1.29, 1.82) is 0 Å². The van der Waals surface area contributed by atoms with E-state index in [4.69, 9.17) is 9.66 Å². The summed E-state index contributed by atoms with van der Waals surface area (Å²) in [6, 6.07) is 7.83. The molecule has 2 rings (SSSR count). The van der Waals surface area contributed by atoms with Gasteiger partial charge in [-0.15, -0.1) is 0 Å². The van der Waals surface area contributed by atoms with Gasteiger partial charge in [0.05, 0.1) is 0 Å². The van der Waals surface area contributed by atoms with E-state index in [0.717, 1.165) is 5.39 Å². The summed E-state index contributed by atoms with van der Waals surface area (Å²) in [5, 5.41) is 19.7. The van der Waals surface area contributed by atoms with Crippen LogP contribution in [0, 0.1) is 0 Å². The fourth-order valence-electron chi connectivity index (χ4n) is 1.49. The number of aromatic hydroxyl groups is 1. The lowest BCUT2D eigenvalue weighted by Crippen LogP contribution is -1.96. The van der Waals surface area contributed by atoms with Crippen LogP contribution in [0.5, 0.6) is 5.75 Å². The first-order chi connectivity index (χ1) is 7.61. The van der Waals surface area contributed by atoms with E-state index in [0.29, 0.717) is 22.3 Å². The summed E-state index contributed by atoms with van der Waals surface area (Å²) in [5.74, 6) is -1.44. The third kappa shape index (κ3) is 1.82. The molecule has 2 aromatic carbocycles. The minimum absolute atomic E-state index is 0.146. The molecule has 0 aliphatic carbocycles. The highest BCUT2D eigenvalue weighted by atomic mass is 32.2. The van der Waals surface area contributed by atoms with E-state index in [1.165, 1.54) is 12.1 Å². The summed E-state index contributed by atoms with van der Waals surface area (Å²) in [7, 11) is 0. The SMILES string of the molecule is O=C(O)c1cc2cc(SO)ccc2cc1O. The number of rotatable bonds is 2. The van der Waals surface area contributed by atoms with Gasteiger partial charge in [-0.05, 0) is 35.0 Å². The molecule has 0 heterocycles. The molecule has 0 atom stereocenters. The van der Waals surface area contributed by atoms with Crippen LogP contribution in [-0.4, -0.2) is 20.7 Å². The van der Waals surface area contributed by atoms with Crippen LogP contribution in [0.25, 0.3) is 10.8 Å². The first kappa shape index (κ1) is 10.8. The fraction of sp³-hybridized carbons (Fsp3) is 0. The van der Waals surface area contributed by atoms with Crippen LogP contribution >= 0.6 is 12.0 Å². The first-order valence-electron chi connectivity index (χ1n) is 4.43. The van der Waals surface area contributed by atoms with Crippen molar-refractivity contribution in [1.82, 2.24) is 0 Å². The number of hydrogen-bond acceptors (Lipinski definition) is 4. The number of carboxylic acid groups (broad SMARTS) is 1. The fourth-order valence-corrected chi connectivity index (χ4v) is 1.80. The molecule has 0 bridgehead atoms. The molecule has 0 aliphatic heterocycles. The van der Waals surface area contributed by atoms with Crippen LogP contribution in [0.1, 0.15) is 10.4 Å². The van der Waals surface area contributed by atoms with Crippen molar-refractivity contribution >= 4 is 28.8 Å². The molecule has 4 nitrogen and oxygen atoms in total. The lowest BCUT2D eigenvalue weighted by atomic mass is 10.1. The summed E-state index contributed by atoms with van der Waals surface area (Å²) < 4.78 is 8.88. The zero-order chi connectivity index (χ0) is 11.7. The largest absolute Gasteiger partial charge is 0.507 e. The summed E-state index contributed by atoms with van der Waals surface area (Å²) in [6.45, 7) is 0. The van der Waals surface area contributed by atoms with Crippen molar-refractivity contribution in [2.75, 3.05) is 0 Å². The second-order valence-corrected chi connectivity index (χ2v) is 3.93. The first-order valence-corrected chi connectivity index (χ1v) is 5.20. The van der Waals surface area contributed by atoms with Gasteiger partial charge in [-0.1, -0.05) is 6.07 Å². The van der Waals surface area contributed by atoms with E-state index in [-0.39, 0.29) is 11.3 Å². The molecule has 0 radical (unpaired) electrons. The number of carboxylic acids is 1. The average molecular weight is 236 g/mol. The Bertz CT molecular complexity index is 565. The highest BCUT2D eigenvalue weighted by Gasteiger charge is 2.10. The van der Waals surface area contributed by atoms with Crippen LogP contribution in [-0.2, 0) is 0 Å². The van der Waals surface area contributed by atoms with Crippen molar-refractivity contribution < 1.29 is 19.6 Å². The molecule has 0 spiro atoms. The van der Waals surface area contributed by atoms with Crippen LogP contribution in [0.3, 0.4) is 0 Å². The highest BCUT2D eigenvalue weighted by Crippen LogP contribution is 2.28. The predicted octanol–water partition coefficient (Wildman–Crippen LogP) is 2.81. The molecule has 5 heteroatoms. The zero-order valence-corrected chi connectivity index (χ0v) is 8.86. The van der Waals surface area contributed by atoms with Crippen molar-refractivity contribution in [2.45, 2.75) is 4.90 Å². The Labute approximate surface area is 95.4 Å². The lowest BCUT2D eigenvalue weighted by Gasteiger charge is -2.04. The van der Waals surface area contributed by atoms with Gasteiger partial charge in [0.1, 0.15) is 11.3 Å². The van der Waals surface area contributed by atoms with Crippen LogP contribution < -0.4 is 0 Å². The number of fused-ring (bicyclic) bond motifs is 1. The molecule has 0 aromatic heterocycles. The molecule has 0 fully saturated rings. The van der Waals surface area contributed by atoms with Gasteiger partial charge in [0, 0.05) is 16.9 Å². The van der Waals surface area contributed by atoms with Gasteiger partial charge in [-0.2, -0.15) is 0 Å². The van der Waals surface area contributed by atoms with E-state index in [1.54, 1.807) is 18.2 Å². The Morgan fingerprint density at radius 3 is 2.50 bits per heavy atom. The molecule has 0 saturated carbocycles. The summed E-state index contributed by atoms with van der Waals surface area (Å²) in [4.78, 5) is 11.4. The molecular weight excluding hydrogens is 228 g/mol. The standard InChI is InChI=1S/C11H8O4S/c12-10-5-6-1-2-8(16-15)3-7(6)4-9(10)11(13)14/h1-5,12,15H,(H,13,14). The smallest absolute Gasteiger partial charge is 0.339 e. The van der Waals surface area contributed by atoms with Crippen LogP contribution in [0.15, 0.2) is 35.2 Å². The molecular formula is C11H8O4S. The molecule has 0 aliphatic rings. The molecule has 16 heavy (non-hydrogen) atoms. The Morgan fingerprint density at radius 1 is 1.12 bits per heavy atom. The molecule has 0 unspecified atom stereocenters. The van der Waals surface area contributed by atoms with Crippen molar-refractivity contribution in [2.24, 2.45) is 0 Å². The van der Waals surface area contributed by atoms with Crippen LogP contribution in [0.4, 0.5) is 0 Å². The third-order valence-electron chi connectivity index (χ3n) is 2.26. The maximum absolute atomic E-state index is 10.8. The molecule has 0 saturated heterocycles. The topological polar surface area (TPSA) is 77.8 Å². The maximum atomic E-state index is 10.8. The minimum atomic E-state index is -1.18. The summed E-state index contributed by atoms with van der Waals surface area (Å²) in [5.41, 5.74) is -0.146. The van der Waals surface area contributed by atoms with Gasteiger partial charge in [0.25, 0.3) is 0 Å². The minimum Gasteiger partial charge on any atom is -0.507 e. The third-order valence-corrected chi connectivity index (χ3v) is 2.73. The number of benzene rings is 2. The van der Waals surface area contributed by atoms with Gasteiger partial charge >= 0.3 is 5.97 Å². The maximum Gasteiger partial charge on any atom is 0.339 e. The van der Waals surface area contributed by atoms with E-state index in [2.05, 4.69) is 0 Å². The van der Waals surface area contributed by atoms with E-state index >= 15 is 0 Å². The summed E-state index contributed by atoms with van der Waals surface area (Å²) >= 11 is 0.592. The molecule has 0 amide bonds. The Balaban J connectivity index is 2.70.